The molecule has 1 aromatic heterocycles. The third-order valence-electron chi connectivity index (χ3n) is 2.78. The lowest BCUT2D eigenvalue weighted by Gasteiger charge is -2.22. The van der Waals surface area contributed by atoms with Gasteiger partial charge in [0.1, 0.15) is 0 Å². The van der Waals surface area contributed by atoms with E-state index in [-0.39, 0.29) is 0 Å². The highest BCUT2D eigenvalue weighted by Crippen LogP contribution is 2.21. The van der Waals surface area contributed by atoms with Gasteiger partial charge in [0.25, 0.3) is 0 Å². The summed E-state index contributed by atoms with van der Waals surface area (Å²) in [7, 11) is 2.12. The summed E-state index contributed by atoms with van der Waals surface area (Å²) in [5.41, 5.74) is 1.14. The lowest BCUT2D eigenvalue weighted by atomic mass is 10.2. The average molecular weight is 241 g/mol. The molecule has 1 aromatic rings. The molecule has 0 aromatic carbocycles. The van der Waals surface area contributed by atoms with Crippen molar-refractivity contribution < 1.29 is 0 Å². The van der Waals surface area contributed by atoms with Crippen LogP contribution < -0.4 is 10.2 Å². The summed E-state index contributed by atoms with van der Waals surface area (Å²) in [6.07, 6.45) is 1.15. The number of thiazole rings is 1. The van der Waals surface area contributed by atoms with Gasteiger partial charge < -0.3 is 10.2 Å². The molecule has 1 rings (SSSR count). The van der Waals surface area contributed by atoms with Crippen molar-refractivity contribution in [3.63, 3.8) is 0 Å². The van der Waals surface area contributed by atoms with Crippen molar-refractivity contribution in [1.82, 2.24) is 10.3 Å². The second-order valence-electron chi connectivity index (χ2n) is 4.53. The second kappa shape index (κ2) is 6.21. The van der Waals surface area contributed by atoms with Crippen LogP contribution in [0.25, 0.3) is 0 Å². The molecule has 1 heterocycles. The minimum absolute atomic E-state index is 0.512. The first-order chi connectivity index (χ1) is 7.54. The number of nitrogens with zero attached hydrogens (tertiary/aromatic N) is 2. The molecule has 0 spiro atoms. The molecule has 0 bridgehead atoms. The first-order valence-electron chi connectivity index (χ1n) is 5.95. The van der Waals surface area contributed by atoms with Crippen molar-refractivity contribution in [2.45, 2.75) is 52.7 Å². The molecule has 16 heavy (non-hydrogen) atoms. The number of hydrogen-bond donors (Lipinski definition) is 1. The van der Waals surface area contributed by atoms with E-state index >= 15 is 0 Å². The average Bonchev–Trinajstić information content (AvgIpc) is 2.72. The van der Waals surface area contributed by atoms with E-state index in [0.717, 1.165) is 23.8 Å². The highest BCUT2D eigenvalue weighted by atomic mass is 32.1. The smallest absolute Gasteiger partial charge is 0.185 e. The van der Waals surface area contributed by atoms with Crippen molar-refractivity contribution >= 4 is 16.5 Å². The third kappa shape index (κ3) is 3.76. The van der Waals surface area contributed by atoms with Crippen LogP contribution in [-0.2, 0) is 6.54 Å². The lowest BCUT2D eigenvalue weighted by Crippen LogP contribution is -2.28. The fourth-order valence-electron chi connectivity index (χ4n) is 1.31. The Morgan fingerprint density at radius 2 is 2.12 bits per heavy atom. The van der Waals surface area contributed by atoms with Gasteiger partial charge in [-0.25, -0.2) is 4.98 Å². The molecule has 0 saturated heterocycles. The van der Waals surface area contributed by atoms with Crippen LogP contribution in [-0.4, -0.2) is 24.1 Å². The standard InChI is InChI=1S/C12H23N3S/c1-6-10(4)15(5)12-14-11(8-16-12)7-13-9(2)3/h8-10,13H,6-7H2,1-5H3. The molecule has 3 nitrogen and oxygen atoms in total. The van der Waals surface area contributed by atoms with Crippen LogP contribution >= 0.6 is 11.3 Å². The lowest BCUT2D eigenvalue weighted by molar-refractivity contribution is 0.582. The Morgan fingerprint density at radius 3 is 2.69 bits per heavy atom. The maximum absolute atomic E-state index is 4.63. The second-order valence-corrected chi connectivity index (χ2v) is 5.36. The number of aromatic nitrogens is 1. The van der Waals surface area contributed by atoms with E-state index in [9.17, 15) is 0 Å². The van der Waals surface area contributed by atoms with Gasteiger partial charge in [-0.05, 0) is 13.3 Å². The van der Waals surface area contributed by atoms with Gasteiger partial charge in [-0.1, -0.05) is 20.8 Å². The Bertz CT molecular complexity index is 309. The van der Waals surface area contributed by atoms with E-state index in [1.165, 1.54) is 0 Å². The van der Waals surface area contributed by atoms with Crippen molar-refractivity contribution in [3.05, 3.63) is 11.1 Å². The highest BCUT2D eigenvalue weighted by Gasteiger charge is 2.11. The predicted molar refractivity (Wildman–Crippen MR) is 72.2 cm³/mol. The van der Waals surface area contributed by atoms with Gasteiger partial charge in [-0.15, -0.1) is 11.3 Å². The molecule has 92 valence electrons. The maximum atomic E-state index is 4.63. The van der Waals surface area contributed by atoms with Crippen molar-refractivity contribution in [2.75, 3.05) is 11.9 Å². The molecule has 0 aliphatic carbocycles. The van der Waals surface area contributed by atoms with Gasteiger partial charge in [0, 0.05) is 31.1 Å². The highest BCUT2D eigenvalue weighted by molar-refractivity contribution is 7.13. The zero-order chi connectivity index (χ0) is 12.1. The van der Waals surface area contributed by atoms with Crippen LogP contribution in [0.4, 0.5) is 5.13 Å². The van der Waals surface area contributed by atoms with E-state index in [4.69, 9.17) is 0 Å². The Hall–Kier alpha value is -0.610. The summed E-state index contributed by atoms with van der Waals surface area (Å²) < 4.78 is 0. The Balaban J connectivity index is 2.57. The van der Waals surface area contributed by atoms with Crippen LogP contribution in [0.1, 0.15) is 39.8 Å². The summed E-state index contributed by atoms with van der Waals surface area (Å²) in [5, 5.41) is 6.65. The number of anilines is 1. The molecule has 1 atom stereocenters. The van der Waals surface area contributed by atoms with Crippen molar-refractivity contribution in [3.8, 4) is 0 Å². The fraction of sp³-hybridized carbons (Fsp3) is 0.750. The van der Waals surface area contributed by atoms with Crippen LogP contribution in [0.2, 0.25) is 0 Å². The van der Waals surface area contributed by atoms with Gasteiger partial charge in [-0.3, -0.25) is 0 Å². The largest absolute Gasteiger partial charge is 0.348 e. The molecular weight excluding hydrogens is 218 g/mol. The Kier molecular flexibility index (Phi) is 5.22. The maximum Gasteiger partial charge on any atom is 0.185 e. The molecule has 4 heteroatoms. The van der Waals surface area contributed by atoms with Crippen LogP contribution in [0.5, 0.6) is 0 Å². The van der Waals surface area contributed by atoms with Gasteiger partial charge in [0.15, 0.2) is 5.13 Å². The van der Waals surface area contributed by atoms with E-state index in [0.29, 0.717) is 12.1 Å². The third-order valence-corrected chi connectivity index (χ3v) is 3.76. The van der Waals surface area contributed by atoms with Crippen LogP contribution in [0, 0.1) is 0 Å². The number of rotatable bonds is 6. The van der Waals surface area contributed by atoms with Crippen molar-refractivity contribution in [2.24, 2.45) is 0 Å². The zero-order valence-electron chi connectivity index (χ0n) is 10.9. The minimum atomic E-state index is 0.512. The monoisotopic (exact) mass is 241 g/mol. The summed E-state index contributed by atoms with van der Waals surface area (Å²) in [6.45, 7) is 9.60. The summed E-state index contributed by atoms with van der Waals surface area (Å²) in [5.74, 6) is 0. The molecule has 1 N–H and O–H groups in total. The molecule has 0 aliphatic heterocycles. The van der Waals surface area contributed by atoms with Crippen LogP contribution in [0.15, 0.2) is 5.38 Å². The van der Waals surface area contributed by atoms with Gasteiger partial charge in [-0.2, -0.15) is 0 Å². The quantitative estimate of drug-likeness (QED) is 0.830. The fourth-order valence-corrected chi connectivity index (χ4v) is 2.20. The summed E-state index contributed by atoms with van der Waals surface area (Å²) >= 11 is 1.73. The van der Waals surface area contributed by atoms with E-state index < -0.39 is 0 Å². The van der Waals surface area contributed by atoms with E-state index in [1.807, 2.05) is 0 Å². The van der Waals surface area contributed by atoms with E-state index in [1.54, 1.807) is 11.3 Å². The molecular formula is C12H23N3S. The minimum Gasteiger partial charge on any atom is -0.348 e. The molecule has 1 unspecified atom stereocenters. The molecule has 0 aliphatic rings. The first kappa shape index (κ1) is 13.5. The Labute approximate surface area is 103 Å². The molecule has 0 fully saturated rings. The summed E-state index contributed by atoms with van der Waals surface area (Å²) in [4.78, 5) is 6.89. The molecule has 0 saturated carbocycles. The topological polar surface area (TPSA) is 28.2 Å². The number of nitrogens with one attached hydrogen (secondary N) is 1. The normalized spacial score (nSPS) is 13.1. The zero-order valence-corrected chi connectivity index (χ0v) is 11.8. The Morgan fingerprint density at radius 1 is 1.44 bits per heavy atom. The van der Waals surface area contributed by atoms with Crippen molar-refractivity contribution in [1.29, 1.82) is 0 Å². The SMILES string of the molecule is CCC(C)N(C)c1nc(CNC(C)C)cs1. The van der Waals surface area contributed by atoms with E-state index in [2.05, 4.69) is 55.3 Å². The summed E-state index contributed by atoms with van der Waals surface area (Å²) in [6, 6.07) is 1.06. The molecule has 0 amide bonds. The predicted octanol–water partition coefficient (Wildman–Crippen LogP) is 2.88. The molecule has 0 radical (unpaired) electrons. The first-order valence-corrected chi connectivity index (χ1v) is 6.83. The number of hydrogen-bond acceptors (Lipinski definition) is 4. The van der Waals surface area contributed by atoms with Gasteiger partial charge in [0.05, 0.1) is 5.69 Å². The van der Waals surface area contributed by atoms with Gasteiger partial charge >= 0.3 is 0 Å². The van der Waals surface area contributed by atoms with Crippen LogP contribution in [0.3, 0.4) is 0 Å². The van der Waals surface area contributed by atoms with Gasteiger partial charge in [0.2, 0.25) is 0 Å².